The van der Waals surface area contributed by atoms with Crippen molar-refractivity contribution in [1.29, 1.82) is 5.41 Å². The topological polar surface area (TPSA) is 50.2 Å². The maximum absolute atomic E-state index is 11.3. The van der Waals surface area contributed by atoms with Gasteiger partial charge in [-0.2, -0.15) is 0 Å². The van der Waals surface area contributed by atoms with Crippen LogP contribution in [0.2, 0.25) is 0 Å². The Labute approximate surface area is 85.3 Å². The summed E-state index contributed by atoms with van der Waals surface area (Å²) in [4.78, 5) is 11.3. The van der Waals surface area contributed by atoms with Crippen LogP contribution in [-0.2, 0) is 9.53 Å². The monoisotopic (exact) mass is 197 g/mol. The highest BCUT2D eigenvalue weighted by atomic mass is 16.5. The van der Waals surface area contributed by atoms with Gasteiger partial charge in [-0.1, -0.05) is 26.7 Å². The van der Waals surface area contributed by atoms with Crippen molar-refractivity contribution < 1.29 is 9.53 Å². The van der Waals surface area contributed by atoms with Crippen LogP contribution in [0, 0.1) is 16.7 Å². The van der Waals surface area contributed by atoms with E-state index in [0.29, 0.717) is 5.92 Å². The van der Waals surface area contributed by atoms with Crippen LogP contribution in [0.4, 0.5) is 0 Å². The quantitative estimate of drug-likeness (QED) is 0.546. The van der Waals surface area contributed by atoms with Crippen molar-refractivity contribution in [3.05, 3.63) is 0 Å². The molecule has 2 unspecified atom stereocenters. The van der Waals surface area contributed by atoms with Crippen LogP contribution in [0.5, 0.6) is 0 Å². The zero-order valence-electron chi connectivity index (χ0n) is 9.22. The van der Waals surface area contributed by atoms with Crippen molar-refractivity contribution in [2.75, 3.05) is 7.11 Å². The first kappa shape index (κ1) is 11.2. The van der Waals surface area contributed by atoms with E-state index in [2.05, 4.69) is 11.7 Å². The number of carbonyl (C=O) groups excluding carboxylic acids is 1. The van der Waals surface area contributed by atoms with Crippen LogP contribution in [0.1, 0.15) is 39.5 Å². The summed E-state index contributed by atoms with van der Waals surface area (Å²) in [5, 5.41) is 7.84. The zero-order chi connectivity index (χ0) is 10.8. The first-order chi connectivity index (χ1) is 6.52. The fourth-order valence-corrected chi connectivity index (χ4v) is 2.21. The van der Waals surface area contributed by atoms with Crippen molar-refractivity contribution in [3.8, 4) is 0 Å². The Morgan fingerprint density at radius 1 is 1.50 bits per heavy atom. The Hall–Kier alpha value is -0.860. The summed E-state index contributed by atoms with van der Waals surface area (Å²) < 4.78 is 4.62. The molecule has 1 aliphatic carbocycles. The van der Waals surface area contributed by atoms with Crippen molar-refractivity contribution in [3.63, 3.8) is 0 Å². The second kappa shape index (κ2) is 4.11. The maximum atomic E-state index is 11.3. The Kier molecular flexibility index (Phi) is 3.29. The molecule has 1 fully saturated rings. The Bertz CT molecular complexity index is 250. The molecule has 3 heteroatoms. The first-order valence-electron chi connectivity index (χ1n) is 5.19. The van der Waals surface area contributed by atoms with Gasteiger partial charge in [-0.3, -0.25) is 5.41 Å². The lowest BCUT2D eigenvalue weighted by Gasteiger charge is -2.38. The van der Waals surface area contributed by atoms with E-state index < -0.39 is 5.97 Å². The van der Waals surface area contributed by atoms with Crippen molar-refractivity contribution in [2.45, 2.75) is 39.5 Å². The van der Waals surface area contributed by atoms with Crippen LogP contribution in [0.25, 0.3) is 0 Å². The van der Waals surface area contributed by atoms with Crippen LogP contribution >= 0.6 is 0 Å². The van der Waals surface area contributed by atoms with Gasteiger partial charge in [0.1, 0.15) is 5.71 Å². The normalized spacial score (nSPS) is 32.4. The molecule has 14 heavy (non-hydrogen) atoms. The van der Waals surface area contributed by atoms with Gasteiger partial charge in [-0.15, -0.1) is 0 Å². The number of carbonyl (C=O) groups is 1. The van der Waals surface area contributed by atoms with Crippen molar-refractivity contribution in [2.24, 2.45) is 11.3 Å². The molecule has 1 N–H and O–H groups in total. The highest BCUT2D eigenvalue weighted by molar-refractivity contribution is 6.37. The van der Waals surface area contributed by atoms with Gasteiger partial charge >= 0.3 is 5.97 Å². The van der Waals surface area contributed by atoms with Crippen LogP contribution in [0.15, 0.2) is 0 Å². The van der Waals surface area contributed by atoms with Crippen LogP contribution in [-0.4, -0.2) is 18.8 Å². The predicted octanol–water partition coefficient (Wildman–Crippen LogP) is 2.40. The van der Waals surface area contributed by atoms with Gasteiger partial charge in [0.2, 0.25) is 0 Å². The standard InChI is InChI=1S/C11H19NO2/c1-8-6-4-5-7-11(8,2)9(12)10(13)14-3/h8,12H,4-7H2,1-3H3. The smallest absolute Gasteiger partial charge is 0.352 e. The summed E-state index contributed by atoms with van der Waals surface area (Å²) in [7, 11) is 1.34. The van der Waals surface area contributed by atoms with E-state index in [1.807, 2.05) is 6.92 Å². The summed E-state index contributed by atoms with van der Waals surface area (Å²) in [5.41, 5.74) is -0.127. The summed E-state index contributed by atoms with van der Waals surface area (Å²) in [6, 6.07) is 0. The lowest BCUT2D eigenvalue weighted by Crippen LogP contribution is -2.41. The molecule has 80 valence electrons. The molecule has 1 saturated carbocycles. The third-order valence-corrected chi connectivity index (χ3v) is 3.63. The average molecular weight is 197 g/mol. The molecule has 2 atom stereocenters. The summed E-state index contributed by atoms with van der Waals surface area (Å²) in [5.74, 6) is -0.0656. The molecule has 3 nitrogen and oxygen atoms in total. The fourth-order valence-electron chi connectivity index (χ4n) is 2.21. The molecule has 0 amide bonds. The second-order valence-corrected chi connectivity index (χ2v) is 4.43. The van der Waals surface area contributed by atoms with E-state index in [1.54, 1.807) is 0 Å². The van der Waals surface area contributed by atoms with Gasteiger partial charge in [-0.25, -0.2) is 4.79 Å². The number of nitrogens with one attached hydrogen (secondary N) is 1. The molecule has 0 aromatic heterocycles. The van der Waals surface area contributed by atoms with Crippen molar-refractivity contribution >= 4 is 11.7 Å². The minimum absolute atomic E-state index is 0.146. The zero-order valence-corrected chi connectivity index (χ0v) is 9.22. The van der Waals surface area contributed by atoms with E-state index >= 15 is 0 Å². The number of methoxy groups -OCH3 is 1. The summed E-state index contributed by atoms with van der Waals surface area (Å²) in [6.07, 6.45) is 4.36. The molecule has 0 bridgehead atoms. The molecule has 0 spiro atoms. The maximum Gasteiger partial charge on any atom is 0.352 e. The lowest BCUT2D eigenvalue weighted by atomic mass is 9.65. The van der Waals surface area contributed by atoms with E-state index in [1.165, 1.54) is 13.5 Å². The fraction of sp³-hybridized carbons (Fsp3) is 0.818. The van der Waals surface area contributed by atoms with Gasteiger partial charge in [0.25, 0.3) is 0 Å². The minimum atomic E-state index is -0.471. The molecule has 1 aliphatic rings. The summed E-state index contributed by atoms with van der Waals surface area (Å²) in [6.45, 7) is 4.13. The molecule has 1 rings (SSSR count). The van der Waals surface area contributed by atoms with E-state index in [4.69, 9.17) is 5.41 Å². The van der Waals surface area contributed by atoms with Crippen molar-refractivity contribution in [1.82, 2.24) is 0 Å². The highest BCUT2D eigenvalue weighted by Crippen LogP contribution is 2.41. The van der Waals surface area contributed by atoms with Gasteiger partial charge in [0.05, 0.1) is 7.11 Å². The third kappa shape index (κ3) is 1.81. The molecule has 0 saturated heterocycles. The van der Waals surface area contributed by atoms with Gasteiger partial charge < -0.3 is 4.74 Å². The minimum Gasteiger partial charge on any atom is -0.465 e. The first-order valence-corrected chi connectivity index (χ1v) is 5.19. The average Bonchev–Trinajstić information content (AvgIpc) is 2.20. The highest BCUT2D eigenvalue weighted by Gasteiger charge is 2.40. The second-order valence-electron chi connectivity index (χ2n) is 4.43. The van der Waals surface area contributed by atoms with Crippen LogP contribution < -0.4 is 0 Å². The van der Waals surface area contributed by atoms with E-state index in [-0.39, 0.29) is 11.1 Å². The van der Waals surface area contributed by atoms with Gasteiger partial charge in [0, 0.05) is 5.41 Å². The number of rotatable bonds is 2. The molecular formula is C11H19NO2. The molecule has 0 aromatic rings. The Morgan fingerprint density at radius 3 is 2.64 bits per heavy atom. The van der Waals surface area contributed by atoms with Gasteiger partial charge in [0.15, 0.2) is 0 Å². The number of hydrogen-bond donors (Lipinski definition) is 1. The molecule has 0 heterocycles. The van der Waals surface area contributed by atoms with Crippen LogP contribution in [0.3, 0.4) is 0 Å². The lowest BCUT2D eigenvalue weighted by molar-refractivity contribution is -0.133. The third-order valence-electron chi connectivity index (χ3n) is 3.63. The predicted molar refractivity (Wildman–Crippen MR) is 55.5 cm³/mol. The number of ether oxygens (including phenoxy) is 1. The number of hydrogen-bond acceptors (Lipinski definition) is 3. The van der Waals surface area contributed by atoms with E-state index in [9.17, 15) is 4.79 Å². The molecule has 0 radical (unpaired) electrons. The molecule has 0 aromatic carbocycles. The molecule has 0 aliphatic heterocycles. The Morgan fingerprint density at radius 2 is 2.14 bits per heavy atom. The SMILES string of the molecule is COC(=O)C(=N)C1(C)CCCCC1C. The largest absolute Gasteiger partial charge is 0.465 e. The van der Waals surface area contributed by atoms with E-state index in [0.717, 1.165) is 19.3 Å². The Balaban J connectivity index is 2.81. The number of esters is 1. The summed E-state index contributed by atoms with van der Waals surface area (Å²) >= 11 is 0. The molecular weight excluding hydrogens is 178 g/mol. The van der Waals surface area contributed by atoms with Gasteiger partial charge in [-0.05, 0) is 18.8 Å².